The van der Waals surface area contributed by atoms with Gasteiger partial charge in [-0.3, -0.25) is 0 Å². The maximum absolute atomic E-state index is 12.4. The average Bonchev–Trinajstić information content (AvgIpc) is 2.58. The highest BCUT2D eigenvalue weighted by molar-refractivity contribution is 9.09. The van der Waals surface area contributed by atoms with Crippen LogP contribution in [0.3, 0.4) is 0 Å². The zero-order chi connectivity index (χ0) is 13.4. The lowest BCUT2D eigenvalue weighted by Gasteiger charge is -2.32. The van der Waals surface area contributed by atoms with Gasteiger partial charge in [-0.2, -0.15) is 4.31 Å². The molecule has 3 nitrogen and oxygen atoms in total. The van der Waals surface area contributed by atoms with E-state index in [4.69, 9.17) is 11.6 Å². The Hall–Kier alpha value is 0.380. The van der Waals surface area contributed by atoms with Crippen molar-refractivity contribution in [1.82, 2.24) is 4.31 Å². The van der Waals surface area contributed by atoms with Crippen LogP contribution in [0.15, 0.2) is 10.3 Å². The summed E-state index contributed by atoms with van der Waals surface area (Å²) >= 11 is 10.3. The van der Waals surface area contributed by atoms with Crippen LogP contribution in [0.2, 0.25) is 4.34 Å². The summed E-state index contributed by atoms with van der Waals surface area (Å²) in [6.45, 7) is 5.52. The molecule has 0 amide bonds. The van der Waals surface area contributed by atoms with Gasteiger partial charge < -0.3 is 0 Å². The largest absolute Gasteiger partial charge is 0.252 e. The first kappa shape index (κ1) is 15.4. The molecule has 17 heavy (non-hydrogen) atoms. The number of aryl methyl sites for hydroxylation is 1. The fraction of sp³-hybridized carbons (Fsp3) is 0.600. The van der Waals surface area contributed by atoms with E-state index in [1.807, 2.05) is 13.8 Å². The van der Waals surface area contributed by atoms with Crippen molar-refractivity contribution in [3.05, 3.63) is 16.0 Å². The molecule has 0 unspecified atom stereocenters. The fourth-order valence-electron chi connectivity index (χ4n) is 1.10. The third kappa shape index (κ3) is 3.04. The van der Waals surface area contributed by atoms with Crippen molar-refractivity contribution in [1.29, 1.82) is 0 Å². The van der Waals surface area contributed by atoms with E-state index in [-0.39, 0.29) is 4.21 Å². The first-order chi connectivity index (χ1) is 7.63. The van der Waals surface area contributed by atoms with Gasteiger partial charge in [-0.1, -0.05) is 27.5 Å². The van der Waals surface area contributed by atoms with Crippen LogP contribution < -0.4 is 0 Å². The van der Waals surface area contributed by atoms with Crippen molar-refractivity contribution < 1.29 is 8.42 Å². The van der Waals surface area contributed by atoms with E-state index in [0.717, 1.165) is 16.9 Å². The Balaban J connectivity index is 3.20. The Morgan fingerprint density at radius 2 is 2.06 bits per heavy atom. The Bertz CT molecular complexity index is 491. The Labute approximate surface area is 120 Å². The quantitative estimate of drug-likeness (QED) is 0.771. The van der Waals surface area contributed by atoms with Crippen LogP contribution in [-0.4, -0.2) is 30.6 Å². The predicted molar refractivity (Wildman–Crippen MR) is 76.9 cm³/mol. The van der Waals surface area contributed by atoms with Crippen LogP contribution >= 0.6 is 38.9 Å². The monoisotopic (exact) mass is 359 g/mol. The molecule has 0 aliphatic heterocycles. The maximum atomic E-state index is 12.4. The summed E-state index contributed by atoms with van der Waals surface area (Å²) in [6.07, 6.45) is 0. The summed E-state index contributed by atoms with van der Waals surface area (Å²) in [4.78, 5) is 0. The minimum atomic E-state index is -3.47. The summed E-state index contributed by atoms with van der Waals surface area (Å²) in [5, 5.41) is 0.563. The molecule has 0 bridgehead atoms. The fourth-order valence-corrected chi connectivity index (χ4v) is 5.04. The molecule has 1 heterocycles. The number of sulfonamides is 1. The second-order valence-corrected chi connectivity index (χ2v) is 8.85. The molecule has 0 saturated heterocycles. The van der Waals surface area contributed by atoms with Gasteiger partial charge in [-0.15, -0.1) is 11.3 Å². The summed E-state index contributed by atoms with van der Waals surface area (Å²) in [7, 11) is -1.89. The van der Waals surface area contributed by atoms with Crippen molar-refractivity contribution >= 4 is 48.9 Å². The van der Waals surface area contributed by atoms with Gasteiger partial charge in [0.2, 0.25) is 0 Å². The van der Waals surface area contributed by atoms with Gasteiger partial charge in [0.25, 0.3) is 10.0 Å². The minimum Gasteiger partial charge on any atom is -0.206 e. The van der Waals surface area contributed by atoms with Gasteiger partial charge in [0.1, 0.15) is 4.21 Å². The van der Waals surface area contributed by atoms with E-state index in [2.05, 4.69) is 15.9 Å². The van der Waals surface area contributed by atoms with Gasteiger partial charge in [-0.25, -0.2) is 8.42 Å². The van der Waals surface area contributed by atoms with Crippen LogP contribution in [0.5, 0.6) is 0 Å². The molecule has 0 N–H and O–H groups in total. The lowest BCUT2D eigenvalue weighted by molar-refractivity contribution is 0.300. The van der Waals surface area contributed by atoms with Crippen molar-refractivity contribution in [2.75, 3.05) is 12.4 Å². The molecular weight excluding hydrogens is 346 g/mol. The molecule has 0 saturated carbocycles. The van der Waals surface area contributed by atoms with Crippen LogP contribution in [0.25, 0.3) is 0 Å². The summed E-state index contributed by atoms with van der Waals surface area (Å²) in [5.74, 6) is 0. The second-order valence-electron chi connectivity index (χ2n) is 4.44. The number of hydrogen-bond acceptors (Lipinski definition) is 3. The Kier molecular flexibility index (Phi) is 4.69. The molecule has 0 fully saturated rings. The molecule has 0 aliphatic rings. The standard InChI is InChI=1S/C10H15BrClNO2S2/c1-7-5-8(16-9(7)12)17(14,15)13(4)10(2,3)6-11/h5H,6H2,1-4H3. The molecule has 1 aromatic rings. The maximum Gasteiger partial charge on any atom is 0.252 e. The highest BCUT2D eigenvalue weighted by atomic mass is 79.9. The number of rotatable bonds is 4. The van der Waals surface area contributed by atoms with Crippen molar-refractivity contribution in [2.24, 2.45) is 0 Å². The SMILES string of the molecule is Cc1cc(S(=O)(=O)N(C)C(C)(C)CBr)sc1Cl. The Morgan fingerprint density at radius 1 is 1.53 bits per heavy atom. The number of halogens is 2. The normalized spacial score (nSPS) is 13.4. The topological polar surface area (TPSA) is 37.4 Å². The lowest BCUT2D eigenvalue weighted by atomic mass is 10.1. The number of hydrogen-bond donors (Lipinski definition) is 0. The van der Waals surface area contributed by atoms with Gasteiger partial charge >= 0.3 is 0 Å². The predicted octanol–water partition coefficient (Wildman–Crippen LogP) is 3.50. The van der Waals surface area contributed by atoms with Crippen molar-refractivity contribution in [3.63, 3.8) is 0 Å². The van der Waals surface area contributed by atoms with Crippen molar-refractivity contribution in [2.45, 2.75) is 30.5 Å². The number of thiophene rings is 1. The highest BCUT2D eigenvalue weighted by Crippen LogP contribution is 2.33. The van der Waals surface area contributed by atoms with E-state index < -0.39 is 15.6 Å². The van der Waals surface area contributed by atoms with Crippen LogP contribution in [0, 0.1) is 6.92 Å². The van der Waals surface area contributed by atoms with E-state index >= 15 is 0 Å². The number of nitrogens with zero attached hydrogens (tertiary/aromatic N) is 1. The van der Waals surface area contributed by atoms with Gasteiger partial charge in [0.05, 0.1) is 4.34 Å². The molecule has 7 heteroatoms. The van der Waals surface area contributed by atoms with E-state index in [0.29, 0.717) is 9.67 Å². The zero-order valence-electron chi connectivity index (χ0n) is 10.1. The molecule has 1 rings (SSSR count). The molecule has 0 atom stereocenters. The summed E-state index contributed by atoms with van der Waals surface area (Å²) in [5.41, 5.74) is 0.309. The smallest absolute Gasteiger partial charge is 0.206 e. The molecule has 98 valence electrons. The molecule has 1 aromatic heterocycles. The van der Waals surface area contributed by atoms with E-state index in [1.54, 1.807) is 20.0 Å². The van der Waals surface area contributed by atoms with Gasteiger partial charge in [0.15, 0.2) is 0 Å². The van der Waals surface area contributed by atoms with Gasteiger partial charge in [0, 0.05) is 17.9 Å². The third-order valence-corrected chi connectivity index (χ3v) is 8.07. The lowest BCUT2D eigenvalue weighted by Crippen LogP contribution is -2.45. The van der Waals surface area contributed by atoms with Crippen LogP contribution in [0.1, 0.15) is 19.4 Å². The van der Waals surface area contributed by atoms with Crippen molar-refractivity contribution in [3.8, 4) is 0 Å². The van der Waals surface area contributed by atoms with E-state index in [1.165, 1.54) is 4.31 Å². The molecule has 0 spiro atoms. The molecular formula is C10H15BrClNO2S2. The first-order valence-electron chi connectivity index (χ1n) is 4.94. The van der Waals surface area contributed by atoms with Crippen LogP contribution in [0.4, 0.5) is 0 Å². The van der Waals surface area contributed by atoms with Gasteiger partial charge in [-0.05, 0) is 32.4 Å². The summed E-state index contributed by atoms with van der Waals surface area (Å²) in [6, 6.07) is 1.61. The number of alkyl halides is 1. The average molecular weight is 361 g/mol. The summed E-state index contributed by atoms with van der Waals surface area (Å²) < 4.78 is 26.9. The third-order valence-electron chi connectivity index (χ3n) is 2.63. The highest BCUT2D eigenvalue weighted by Gasteiger charge is 2.34. The molecule has 0 radical (unpaired) electrons. The zero-order valence-corrected chi connectivity index (χ0v) is 14.1. The Morgan fingerprint density at radius 3 is 2.41 bits per heavy atom. The first-order valence-corrected chi connectivity index (χ1v) is 8.69. The minimum absolute atomic E-state index is 0.288. The second kappa shape index (κ2) is 5.17. The van der Waals surface area contributed by atoms with Crippen LogP contribution in [-0.2, 0) is 10.0 Å². The molecule has 0 aromatic carbocycles. The van der Waals surface area contributed by atoms with E-state index in [9.17, 15) is 8.42 Å². The molecule has 0 aliphatic carbocycles.